The number of carbonyl (C=O) groups excluding carboxylic acids is 1. The molecule has 0 aliphatic heterocycles. The van der Waals surface area contributed by atoms with Crippen LogP contribution in [0.4, 0.5) is 5.69 Å². The Hall–Kier alpha value is -4.12. The molecule has 1 N–H and O–H groups in total. The number of hydrogen-bond donors (Lipinski definition) is 1. The van der Waals surface area contributed by atoms with Crippen LogP contribution in [0.15, 0.2) is 41.5 Å². The van der Waals surface area contributed by atoms with Crippen LogP contribution in [0, 0.1) is 17.0 Å². The molecule has 0 aliphatic rings. The summed E-state index contributed by atoms with van der Waals surface area (Å²) in [6.45, 7) is 1.73. The molecule has 0 fully saturated rings. The lowest BCUT2D eigenvalue weighted by molar-refractivity contribution is -0.386. The molecule has 33 heavy (non-hydrogen) atoms. The molecule has 2 aromatic carbocycles. The fraction of sp³-hybridized carbons (Fsp3) is 0.190. The summed E-state index contributed by atoms with van der Waals surface area (Å²) in [6, 6.07) is 10.4. The molecule has 12 heteroatoms. The van der Waals surface area contributed by atoms with E-state index in [1.165, 1.54) is 38.3 Å². The summed E-state index contributed by atoms with van der Waals surface area (Å²) >= 11 is 6.44. The second-order valence-electron chi connectivity index (χ2n) is 6.53. The first kappa shape index (κ1) is 23.5. The van der Waals surface area contributed by atoms with Crippen molar-refractivity contribution < 1.29 is 23.9 Å². The summed E-state index contributed by atoms with van der Waals surface area (Å²) < 4.78 is 17.0. The van der Waals surface area contributed by atoms with Crippen LogP contribution in [0.1, 0.15) is 21.6 Å². The van der Waals surface area contributed by atoms with E-state index in [0.717, 1.165) is 5.69 Å². The van der Waals surface area contributed by atoms with Crippen molar-refractivity contribution >= 4 is 29.4 Å². The van der Waals surface area contributed by atoms with Gasteiger partial charge in [0.25, 0.3) is 5.91 Å². The number of nitrogens with zero attached hydrogens (tertiary/aromatic N) is 4. The molecule has 0 spiro atoms. The number of nitro benzene ring substituents is 1. The monoisotopic (exact) mass is 473 g/mol. The average molecular weight is 474 g/mol. The van der Waals surface area contributed by atoms with Crippen molar-refractivity contribution in [3.8, 4) is 22.9 Å². The number of methoxy groups -OCH3 is 3. The van der Waals surface area contributed by atoms with Crippen LogP contribution in [-0.4, -0.2) is 48.2 Å². The quantitative estimate of drug-likeness (QED) is 0.301. The summed E-state index contributed by atoms with van der Waals surface area (Å²) in [6.07, 6.45) is 1.31. The first-order valence-corrected chi connectivity index (χ1v) is 9.83. The van der Waals surface area contributed by atoms with E-state index >= 15 is 0 Å². The van der Waals surface area contributed by atoms with Crippen LogP contribution in [0.25, 0.3) is 5.69 Å². The highest BCUT2D eigenvalue weighted by Crippen LogP contribution is 2.46. The summed E-state index contributed by atoms with van der Waals surface area (Å²) in [5.41, 5.74) is 3.15. The van der Waals surface area contributed by atoms with Crippen molar-refractivity contribution in [2.45, 2.75) is 6.92 Å². The van der Waals surface area contributed by atoms with Crippen molar-refractivity contribution in [2.75, 3.05) is 21.3 Å². The zero-order valence-electron chi connectivity index (χ0n) is 18.2. The number of halogens is 1. The van der Waals surface area contributed by atoms with E-state index in [9.17, 15) is 14.9 Å². The number of aromatic nitrogens is 2. The van der Waals surface area contributed by atoms with Crippen LogP contribution >= 0.6 is 11.6 Å². The second kappa shape index (κ2) is 10.0. The Balaban J connectivity index is 1.93. The molecule has 0 radical (unpaired) electrons. The molecule has 3 rings (SSSR count). The van der Waals surface area contributed by atoms with E-state index in [4.69, 9.17) is 25.8 Å². The minimum absolute atomic E-state index is 0.0116. The standard InChI is InChI=1S/C21H20ClN5O6/c1-12-15(20(22)26(25-12)13-8-6-5-7-9-13)11-23-24-21(28)14-10-16(31-2)18(32-3)19(33-4)17(14)27(29)30/h5-11H,1-4H3,(H,24,28)/b23-11+. The Morgan fingerprint density at radius 1 is 1.18 bits per heavy atom. The zero-order chi connectivity index (χ0) is 24.1. The number of para-hydroxylation sites is 1. The van der Waals surface area contributed by atoms with E-state index in [1.54, 1.807) is 6.92 Å². The number of aryl methyl sites for hydroxylation is 1. The van der Waals surface area contributed by atoms with Crippen LogP contribution < -0.4 is 19.6 Å². The van der Waals surface area contributed by atoms with Crippen LogP contribution in [-0.2, 0) is 0 Å². The highest BCUT2D eigenvalue weighted by atomic mass is 35.5. The first-order chi connectivity index (χ1) is 15.8. The molecule has 172 valence electrons. The predicted octanol–water partition coefficient (Wildman–Crippen LogP) is 3.53. The molecule has 1 heterocycles. The number of benzene rings is 2. The van der Waals surface area contributed by atoms with Crippen LogP contribution in [0.3, 0.4) is 0 Å². The molecule has 1 aromatic heterocycles. The molecular formula is C21H20ClN5O6. The molecule has 3 aromatic rings. The minimum Gasteiger partial charge on any atom is -0.493 e. The summed E-state index contributed by atoms with van der Waals surface area (Å²) in [5, 5.41) is 20.3. The fourth-order valence-corrected chi connectivity index (χ4v) is 3.43. The average Bonchev–Trinajstić information content (AvgIpc) is 3.11. The largest absolute Gasteiger partial charge is 0.493 e. The van der Waals surface area contributed by atoms with Gasteiger partial charge in [-0.3, -0.25) is 14.9 Å². The number of ether oxygens (including phenoxy) is 3. The highest BCUT2D eigenvalue weighted by molar-refractivity contribution is 6.32. The third-order valence-corrected chi connectivity index (χ3v) is 5.00. The van der Waals surface area contributed by atoms with Gasteiger partial charge in [0.1, 0.15) is 10.7 Å². The zero-order valence-corrected chi connectivity index (χ0v) is 18.9. The van der Waals surface area contributed by atoms with Gasteiger partial charge < -0.3 is 14.2 Å². The summed E-state index contributed by atoms with van der Waals surface area (Å²) in [7, 11) is 3.85. The molecule has 0 bridgehead atoms. The van der Waals surface area contributed by atoms with Crippen molar-refractivity contribution in [3.63, 3.8) is 0 Å². The van der Waals surface area contributed by atoms with Crippen molar-refractivity contribution in [1.82, 2.24) is 15.2 Å². The van der Waals surface area contributed by atoms with Gasteiger partial charge in [-0.1, -0.05) is 29.8 Å². The molecule has 1 amide bonds. The Bertz CT molecular complexity index is 1230. The van der Waals surface area contributed by atoms with Gasteiger partial charge in [-0.25, -0.2) is 10.1 Å². The maximum absolute atomic E-state index is 12.8. The molecule has 11 nitrogen and oxygen atoms in total. The van der Waals surface area contributed by atoms with Gasteiger partial charge in [-0.05, 0) is 19.1 Å². The summed E-state index contributed by atoms with van der Waals surface area (Å²) in [5.74, 6) is -1.04. The van der Waals surface area contributed by atoms with E-state index in [0.29, 0.717) is 11.3 Å². The lowest BCUT2D eigenvalue weighted by Gasteiger charge is -2.14. The lowest BCUT2D eigenvalue weighted by Crippen LogP contribution is -2.20. The van der Waals surface area contributed by atoms with Crippen molar-refractivity contribution in [2.24, 2.45) is 5.10 Å². The topological polar surface area (TPSA) is 130 Å². The number of nitrogens with one attached hydrogen (secondary N) is 1. The number of nitro groups is 1. The number of carbonyl (C=O) groups is 1. The van der Waals surface area contributed by atoms with Gasteiger partial charge in [0.2, 0.25) is 11.5 Å². The Labute approximate surface area is 193 Å². The fourth-order valence-electron chi connectivity index (χ4n) is 3.11. The maximum Gasteiger partial charge on any atom is 0.327 e. The van der Waals surface area contributed by atoms with Gasteiger partial charge in [-0.2, -0.15) is 10.2 Å². The number of rotatable bonds is 8. The summed E-state index contributed by atoms with van der Waals surface area (Å²) in [4.78, 5) is 23.7. The van der Waals surface area contributed by atoms with Gasteiger partial charge in [0.15, 0.2) is 5.75 Å². The van der Waals surface area contributed by atoms with E-state index in [-0.39, 0.29) is 28.0 Å². The van der Waals surface area contributed by atoms with Gasteiger partial charge in [0.05, 0.1) is 49.4 Å². The molecule has 0 atom stereocenters. The SMILES string of the molecule is COc1cc(C(=O)N/N=C/c2c(C)nn(-c3ccccc3)c2Cl)c([N+](=O)[O-])c(OC)c1OC. The van der Waals surface area contributed by atoms with E-state index < -0.39 is 16.5 Å². The second-order valence-corrected chi connectivity index (χ2v) is 6.89. The molecule has 0 saturated heterocycles. The number of amides is 1. The minimum atomic E-state index is -0.860. The van der Waals surface area contributed by atoms with Crippen LogP contribution in [0.5, 0.6) is 17.2 Å². The molecule has 0 unspecified atom stereocenters. The van der Waals surface area contributed by atoms with E-state index in [1.807, 2.05) is 30.3 Å². The number of hydrazone groups is 1. The normalized spacial score (nSPS) is 10.8. The molecular weight excluding hydrogens is 454 g/mol. The molecule has 0 saturated carbocycles. The first-order valence-electron chi connectivity index (χ1n) is 9.45. The Morgan fingerprint density at radius 2 is 1.85 bits per heavy atom. The highest BCUT2D eigenvalue weighted by Gasteiger charge is 2.32. The maximum atomic E-state index is 12.8. The Morgan fingerprint density at radius 3 is 2.42 bits per heavy atom. The van der Waals surface area contributed by atoms with Crippen molar-refractivity contribution in [3.05, 3.63) is 68.5 Å². The lowest BCUT2D eigenvalue weighted by atomic mass is 10.1. The third-order valence-electron chi connectivity index (χ3n) is 4.64. The third kappa shape index (κ3) is 4.58. The van der Waals surface area contributed by atoms with Gasteiger partial charge in [-0.15, -0.1) is 0 Å². The Kier molecular flexibility index (Phi) is 7.13. The molecule has 0 aliphatic carbocycles. The van der Waals surface area contributed by atoms with Crippen molar-refractivity contribution in [1.29, 1.82) is 0 Å². The van der Waals surface area contributed by atoms with E-state index in [2.05, 4.69) is 15.6 Å². The van der Waals surface area contributed by atoms with Gasteiger partial charge in [0, 0.05) is 6.07 Å². The predicted molar refractivity (Wildman–Crippen MR) is 121 cm³/mol. The smallest absolute Gasteiger partial charge is 0.327 e. The number of hydrogen-bond acceptors (Lipinski definition) is 8. The van der Waals surface area contributed by atoms with Gasteiger partial charge >= 0.3 is 5.69 Å². The van der Waals surface area contributed by atoms with Crippen LogP contribution in [0.2, 0.25) is 5.15 Å².